The number of anilines is 1. The van der Waals surface area contributed by atoms with Crippen LogP contribution in [0.4, 0.5) is 10.2 Å². The Morgan fingerprint density at radius 3 is 2.77 bits per heavy atom. The van der Waals surface area contributed by atoms with Gasteiger partial charge in [-0.25, -0.2) is 19.0 Å². The molecule has 0 atom stereocenters. The SMILES string of the molecule is CC(C)(C)n1nc(-c2cc(C(=O)CCc3c(F)cccc3Cl)c[nH]2)c2c(N)ncnc21. The number of hydrogen-bond acceptors (Lipinski definition) is 5. The highest BCUT2D eigenvalue weighted by Gasteiger charge is 2.25. The van der Waals surface area contributed by atoms with Crippen LogP contribution in [0.1, 0.15) is 43.1 Å². The van der Waals surface area contributed by atoms with Gasteiger partial charge in [0.1, 0.15) is 23.7 Å². The highest BCUT2D eigenvalue weighted by Crippen LogP contribution is 2.32. The van der Waals surface area contributed by atoms with Crippen LogP contribution in [0, 0.1) is 5.82 Å². The number of aromatic amines is 1. The van der Waals surface area contributed by atoms with Crippen LogP contribution >= 0.6 is 11.6 Å². The second-order valence-corrected chi connectivity index (χ2v) is 8.72. The number of nitrogen functional groups attached to an aromatic ring is 1. The van der Waals surface area contributed by atoms with E-state index in [1.807, 2.05) is 20.8 Å². The van der Waals surface area contributed by atoms with Gasteiger partial charge in [-0.1, -0.05) is 17.7 Å². The maximum Gasteiger partial charge on any atom is 0.164 e. The standard InChI is InChI=1S/C22H22ClFN6O/c1-22(2,3)30-21-18(20(25)27-11-28-21)19(29-30)16-9-12(10-26-16)17(31)8-7-13-14(23)5-4-6-15(13)24/h4-6,9-11,26H,7-8H2,1-3H3,(H2,25,27,28). The van der Waals surface area contributed by atoms with E-state index in [2.05, 4.69) is 15.0 Å². The molecule has 3 N–H and O–H groups in total. The summed E-state index contributed by atoms with van der Waals surface area (Å²) < 4.78 is 15.8. The minimum atomic E-state index is -0.412. The Bertz CT molecular complexity index is 1270. The number of ketones is 1. The highest BCUT2D eigenvalue weighted by molar-refractivity contribution is 6.31. The fourth-order valence-corrected chi connectivity index (χ4v) is 3.73. The predicted molar refractivity (Wildman–Crippen MR) is 119 cm³/mol. The van der Waals surface area contributed by atoms with E-state index in [0.29, 0.717) is 44.4 Å². The largest absolute Gasteiger partial charge is 0.383 e. The molecule has 4 rings (SSSR count). The quantitative estimate of drug-likeness (QED) is 0.435. The molecule has 0 fully saturated rings. The van der Waals surface area contributed by atoms with Crippen LogP contribution in [0.3, 0.4) is 0 Å². The van der Waals surface area contributed by atoms with Gasteiger partial charge in [-0.15, -0.1) is 0 Å². The summed E-state index contributed by atoms with van der Waals surface area (Å²) in [5.74, 6) is -0.234. The van der Waals surface area contributed by atoms with E-state index in [-0.39, 0.29) is 24.2 Å². The van der Waals surface area contributed by atoms with Gasteiger partial charge in [0.25, 0.3) is 0 Å². The number of rotatable bonds is 5. The van der Waals surface area contributed by atoms with Crippen LogP contribution in [-0.2, 0) is 12.0 Å². The normalized spacial score (nSPS) is 11.9. The maximum absolute atomic E-state index is 14.0. The number of benzene rings is 1. The van der Waals surface area contributed by atoms with Crippen molar-refractivity contribution in [1.29, 1.82) is 0 Å². The minimum absolute atomic E-state index is 0.125. The summed E-state index contributed by atoms with van der Waals surface area (Å²) in [6, 6.07) is 6.20. The van der Waals surface area contributed by atoms with Gasteiger partial charge in [0.05, 0.1) is 16.6 Å². The van der Waals surface area contributed by atoms with E-state index in [1.54, 1.807) is 23.0 Å². The number of fused-ring (bicyclic) bond motifs is 1. The zero-order valence-corrected chi connectivity index (χ0v) is 18.2. The van der Waals surface area contributed by atoms with E-state index in [4.69, 9.17) is 22.4 Å². The van der Waals surface area contributed by atoms with Crippen LogP contribution in [0.25, 0.3) is 22.4 Å². The van der Waals surface area contributed by atoms with Crippen molar-refractivity contribution < 1.29 is 9.18 Å². The average molecular weight is 441 g/mol. The lowest BCUT2D eigenvalue weighted by Crippen LogP contribution is -2.23. The maximum atomic E-state index is 14.0. The minimum Gasteiger partial charge on any atom is -0.383 e. The monoisotopic (exact) mass is 440 g/mol. The number of carbonyl (C=O) groups excluding carboxylic acids is 1. The van der Waals surface area contributed by atoms with Gasteiger partial charge in [-0.2, -0.15) is 5.10 Å². The predicted octanol–water partition coefficient (Wildman–Crippen LogP) is 4.77. The summed E-state index contributed by atoms with van der Waals surface area (Å²) in [7, 11) is 0. The summed E-state index contributed by atoms with van der Waals surface area (Å²) >= 11 is 6.06. The third kappa shape index (κ3) is 3.90. The van der Waals surface area contributed by atoms with E-state index in [0.717, 1.165) is 0 Å². The van der Waals surface area contributed by atoms with Crippen molar-refractivity contribution in [3.05, 3.63) is 58.8 Å². The van der Waals surface area contributed by atoms with Crippen molar-refractivity contribution in [3.63, 3.8) is 0 Å². The molecular formula is C22H22ClFN6O. The molecule has 7 nitrogen and oxygen atoms in total. The number of carbonyl (C=O) groups is 1. The Kier molecular flexibility index (Phi) is 5.26. The Morgan fingerprint density at radius 2 is 2.06 bits per heavy atom. The van der Waals surface area contributed by atoms with Crippen LogP contribution in [0.5, 0.6) is 0 Å². The van der Waals surface area contributed by atoms with Crippen LogP contribution in [0.2, 0.25) is 5.02 Å². The van der Waals surface area contributed by atoms with Crippen molar-refractivity contribution >= 4 is 34.2 Å². The van der Waals surface area contributed by atoms with Crippen molar-refractivity contribution in [3.8, 4) is 11.4 Å². The third-order valence-electron chi connectivity index (χ3n) is 5.05. The number of nitrogens with zero attached hydrogens (tertiary/aromatic N) is 4. The first-order chi connectivity index (χ1) is 14.7. The fraction of sp³-hybridized carbons (Fsp3) is 0.273. The smallest absolute Gasteiger partial charge is 0.164 e. The Balaban J connectivity index is 1.65. The number of hydrogen-bond donors (Lipinski definition) is 2. The number of halogens is 2. The van der Waals surface area contributed by atoms with Crippen molar-refractivity contribution in [2.45, 2.75) is 39.2 Å². The summed E-state index contributed by atoms with van der Waals surface area (Å²) in [5, 5.41) is 5.64. The van der Waals surface area contributed by atoms with E-state index < -0.39 is 5.82 Å². The lowest BCUT2D eigenvalue weighted by atomic mass is 10.0. The molecule has 3 heterocycles. The van der Waals surface area contributed by atoms with Crippen LogP contribution in [-0.4, -0.2) is 30.5 Å². The van der Waals surface area contributed by atoms with E-state index >= 15 is 0 Å². The van der Waals surface area contributed by atoms with Crippen molar-refractivity contribution in [1.82, 2.24) is 24.7 Å². The molecule has 0 aliphatic carbocycles. The van der Waals surface area contributed by atoms with Crippen molar-refractivity contribution in [2.75, 3.05) is 5.73 Å². The molecule has 4 aromatic rings. The Morgan fingerprint density at radius 1 is 1.29 bits per heavy atom. The molecular weight excluding hydrogens is 419 g/mol. The van der Waals surface area contributed by atoms with Crippen molar-refractivity contribution in [2.24, 2.45) is 0 Å². The first-order valence-corrected chi connectivity index (χ1v) is 10.2. The molecule has 160 valence electrons. The summed E-state index contributed by atoms with van der Waals surface area (Å²) in [5.41, 5.74) is 8.42. The molecule has 0 aliphatic heterocycles. The van der Waals surface area contributed by atoms with Gasteiger partial charge in [0, 0.05) is 28.8 Å². The second kappa shape index (κ2) is 7.77. The number of Topliss-reactive ketones (excluding diaryl/α,β-unsaturated/α-hetero) is 1. The summed E-state index contributed by atoms with van der Waals surface area (Å²) in [6.07, 6.45) is 3.36. The lowest BCUT2D eigenvalue weighted by molar-refractivity contribution is 0.0983. The summed E-state index contributed by atoms with van der Waals surface area (Å²) in [6.45, 7) is 6.04. The zero-order chi connectivity index (χ0) is 22.3. The second-order valence-electron chi connectivity index (χ2n) is 8.31. The topological polar surface area (TPSA) is 102 Å². The lowest BCUT2D eigenvalue weighted by Gasteiger charge is -2.19. The molecule has 0 saturated carbocycles. The molecule has 0 saturated heterocycles. The molecule has 0 amide bonds. The molecule has 0 spiro atoms. The molecule has 3 aromatic heterocycles. The first-order valence-electron chi connectivity index (χ1n) is 9.81. The molecule has 0 unspecified atom stereocenters. The van der Waals surface area contributed by atoms with Gasteiger partial charge in [-0.05, 0) is 45.4 Å². The van der Waals surface area contributed by atoms with Gasteiger partial charge in [0.2, 0.25) is 0 Å². The first kappa shape index (κ1) is 21.0. The number of nitrogens with one attached hydrogen (secondary N) is 1. The molecule has 9 heteroatoms. The Hall–Kier alpha value is -3.26. The third-order valence-corrected chi connectivity index (χ3v) is 5.41. The molecule has 0 radical (unpaired) electrons. The van der Waals surface area contributed by atoms with E-state index in [1.165, 1.54) is 18.5 Å². The van der Waals surface area contributed by atoms with Gasteiger partial charge in [0.15, 0.2) is 11.4 Å². The zero-order valence-electron chi connectivity index (χ0n) is 17.4. The molecule has 31 heavy (non-hydrogen) atoms. The number of nitrogens with two attached hydrogens (primary N) is 1. The fourth-order valence-electron chi connectivity index (χ4n) is 3.48. The van der Waals surface area contributed by atoms with Crippen LogP contribution < -0.4 is 5.73 Å². The van der Waals surface area contributed by atoms with Crippen LogP contribution in [0.15, 0.2) is 36.8 Å². The number of H-pyrrole nitrogens is 1. The summed E-state index contributed by atoms with van der Waals surface area (Å²) in [4.78, 5) is 24.3. The molecule has 0 bridgehead atoms. The highest BCUT2D eigenvalue weighted by atomic mass is 35.5. The molecule has 0 aliphatic rings. The van der Waals surface area contributed by atoms with Gasteiger partial charge >= 0.3 is 0 Å². The Labute approximate surface area is 183 Å². The molecule has 1 aromatic carbocycles. The van der Waals surface area contributed by atoms with Gasteiger partial charge in [-0.3, -0.25) is 4.79 Å². The van der Waals surface area contributed by atoms with E-state index in [9.17, 15) is 9.18 Å². The number of aromatic nitrogens is 5. The van der Waals surface area contributed by atoms with Gasteiger partial charge < -0.3 is 10.7 Å². The average Bonchev–Trinajstić information content (AvgIpc) is 3.32.